The first kappa shape index (κ1) is 22.7. The standard InChI is InChI=1S/C24H28N6O3S/c31-19(13-29-8-7-16-3-1-2-4-17(16)11-29)9-26-23(32)20-14-30-12-18(5-6-22(30)28-20)27-24(33)21-10-25-15-34-21/h1-4,10,14-15,18-19,31H,5-9,11-13H2,(H,26,32)(H,27,33). The molecule has 0 radical (unpaired) electrons. The number of hydrogen-bond acceptors (Lipinski definition) is 7. The summed E-state index contributed by atoms with van der Waals surface area (Å²) >= 11 is 1.31. The van der Waals surface area contributed by atoms with E-state index in [9.17, 15) is 14.7 Å². The van der Waals surface area contributed by atoms with Gasteiger partial charge < -0.3 is 20.3 Å². The minimum absolute atomic E-state index is 0.0243. The molecular weight excluding hydrogens is 452 g/mol. The van der Waals surface area contributed by atoms with Gasteiger partial charge in [0.2, 0.25) is 0 Å². The highest BCUT2D eigenvalue weighted by atomic mass is 32.1. The lowest BCUT2D eigenvalue weighted by molar-refractivity contribution is 0.0838. The van der Waals surface area contributed by atoms with Gasteiger partial charge in [-0.25, -0.2) is 4.98 Å². The van der Waals surface area contributed by atoms with Crippen LogP contribution in [-0.2, 0) is 25.9 Å². The number of aliphatic hydroxyl groups is 1. The van der Waals surface area contributed by atoms with Gasteiger partial charge in [0.15, 0.2) is 0 Å². The summed E-state index contributed by atoms with van der Waals surface area (Å²) in [7, 11) is 0. The van der Waals surface area contributed by atoms with Gasteiger partial charge in [-0.15, -0.1) is 11.3 Å². The number of aromatic nitrogens is 3. The molecule has 2 aliphatic rings. The number of nitrogens with zero attached hydrogens (tertiary/aromatic N) is 4. The molecule has 34 heavy (non-hydrogen) atoms. The number of carbonyl (C=O) groups is 2. The first-order chi connectivity index (χ1) is 16.5. The molecule has 2 atom stereocenters. The average molecular weight is 481 g/mol. The summed E-state index contributed by atoms with van der Waals surface area (Å²) in [6.07, 6.45) is 5.05. The highest BCUT2D eigenvalue weighted by molar-refractivity contribution is 7.11. The molecule has 2 amide bonds. The molecule has 2 aliphatic heterocycles. The van der Waals surface area contributed by atoms with E-state index in [4.69, 9.17) is 0 Å². The maximum absolute atomic E-state index is 12.7. The van der Waals surface area contributed by atoms with Crippen LogP contribution in [0.2, 0.25) is 0 Å². The molecule has 1 aromatic carbocycles. The van der Waals surface area contributed by atoms with Crippen molar-refractivity contribution in [3.05, 3.63) is 69.7 Å². The van der Waals surface area contributed by atoms with Crippen LogP contribution in [0.25, 0.3) is 0 Å². The zero-order valence-electron chi connectivity index (χ0n) is 18.8. The third-order valence-corrected chi connectivity index (χ3v) is 7.17. The molecule has 0 saturated carbocycles. The quantitative estimate of drug-likeness (QED) is 0.469. The Morgan fingerprint density at radius 3 is 2.88 bits per heavy atom. The Labute approximate surface area is 201 Å². The summed E-state index contributed by atoms with van der Waals surface area (Å²) in [6, 6.07) is 8.37. The third-order valence-electron chi connectivity index (χ3n) is 6.39. The van der Waals surface area contributed by atoms with Crippen LogP contribution in [0, 0.1) is 0 Å². The molecule has 10 heteroatoms. The number of aryl methyl sites for hydroxylation is 1. The van der Waals surface area contributed by atoms with Gasteiger partial charge >= 0.3 is 0 Å². The minimum Gasteiger partial charge on any atom is -0.390 e. The van der Waals surface area contributed by atoms with Crippen molar-refractivity contribution in [2.45, 2.75) is 44.5 Å². The number of hydrogen-bond donors (Lipinski definition) is 3. The van der Waals surface area contributed by atoms with E-state index in [0.717, 1.165) is 31.8 Å². The van der Waals surface area contributed by atoms with Crippen LogP contribution in [0.3, 0.4) is 0 Å². The van der Waals surface area contributed by atoms with Crippen LogP contribution >= 0.6 is 11.3 Å². The predicted octanol–water partition coefficient (Wildman–Crippen LogP) is 1.23. The molecule has 0 spiro atoms. The van der Waals surface area contributed by atoms with Crippen LogP contribution in [-0.4, -0.2) is 68.1 Å². The van der Waals surface area contributed by atoms with E-state index >= 15 is 0 Å². The number of rotatable bonds is 7. The lowest BCUT2D eigenvalue weighted by atomic mass is 10.00. The molecule has 0 aliphatic carbocycles. The van der Waals surface area contributed by atoms with Gasteiger partial charge in [0.25, 0.3) is 11.8 Å². The SMILES string of the molecule is O=C(NCC(O)CN1CCc2ccccc2C1)c1cn2c(n1)CCC(NC(=O)c1cncs1)C2. The Bertz CT molecular complexity index is 1160. The first-order valence-electron chi connectivity index (χ1n) is 11.6. The molecule has 3 aromatic rings. The van der Waals surface area contributed by atoms with Gasteiger partial charge in [0.05, 0.1) is 17.8 Å². The monoisotopic (exact) mass is 480 g/mol. The molecular formula is C24H28N6O3S. The second-order valence-electron chi connectivity index (χ2n) is 8.89. The Balaban J connectivity index is 1.10. The van der Waals surface area contributed by atoms with Gasteiger partial charge in [-0.1, -0.05) is 24.3 Å². The Kier molecular flexibility index (Phi) is 6.70. The number of benzene rings is 1. The lowest BCUT2D eigenvalue weighted by Gasteiger charge is -2.30. The fraction of sp³-hybridized carbons (Fsp3) is 0.417. The van der Waals surface area contributed by atoms with Gasteiger partial charge in [-0.2, -0.15) is 0 Å². The molecule has 0 bridgehead atoms. The molecule has 4 heterocycles. The molecule has 3 N–H and O–H groups in total. The number of amides is 2. The number of β-amino-alcohol motifs (C(OH)–C–C–N with tert-alkyl or cyclic N) is 1. The van der Waals surface area contributed by atoms with Crippen molar-refractivity contribution < 1.29 is 14.7 Å². The van der Waals surface area contributed by atoms with Crippen molar-refractivity contribution in [3.63, 3.8) is 0 Å². The van der Waals surface area contributed by atoms with Crippen molar-refractivity contribution >= 4 is 23.2 Å². The fourth-order valence-electron chi connectivity index (χ4n) is 4.63. The van der Waals surface area contributed by atoms with Crippen LogP contribution in [0.15, 0.2) is 42.2 Å². The smallest absolute Gasteiger partial charge is 0.271 e. The number of fused-ring (bicyclic) bond motifs is 2. The van der Waals surface area contributed by atoms with Crippen molar-refractivity contribution in [1.29, 1.82) is 0 Å². The molecule has 0 fully saturated rings. The molecule has 178 valence electrons. The van der Waals surface area contributed by atoms with Crippen molar-refractivity contribution in [3.8, 4) is 0 Å². The molecule has 9 nitrogen and oxygen atoms in total. The number of imidazole rings is 1. The Morgan fingerprint density at radius 1 is 1.21 bits per heavy atom. The number of carbonyl (C=O) groups excluding carboxylic acids is 2. The zero-order valence-corrected chi connectivity index (χ0v) is 19.6. The van der Waals surface area contributed by atoms with E-state index in [0.29, 0.717) is 30.1 Å². The summed E-state index contributed by atoms with van der Waals surface area (Å²) in [5, 5.41) is 16.3. The number of nitrogens with one attached hydrogen (secondary N) is 2. The minimum atomic E-state index is -0.655. The van der Waals surface area contributed by atoms with Crippen molar-refractivity contribution in [1.82, 2.24) is 30.1 Å². The van der Waals surface area contributed by atoms with Crippen LogP contribution in [0.5, 0.6) is 0 Å². The third kappa shape index (κ3) is 5.19. The van der Waals surface area contributed by atoms with Gasteiger partial charge in [-0.3, -0.25) is 19.5 Å². The van der Waals surface area contributed by atoms with Gasteiger partial charge in [0.1, 0.15) is 16.4 Å². The largest absolute Gasteiger partial charge is 0.390 e. The molecule has 2 aromatic heterocycles. The summed E-state index contributed by atoms with van der Waals surface area (Å²) in [6.45, 7) is 2.97. The molecule has 5 rings (SSSR count). The van der Waals surface area contributed by atoms with Crippen LogP contribution in [0.1, 0.15) is 43.5 Å². The number of aliphatic hydroxyl groups excluding tert-OH is 1. The summed E-state index contributed by atoms with van der Waals surface area (Å²) in [5.41, 5.74) is 4.64. The van der Waals surface area contributed by atoms with E-state index in [-0.39, 0.29) is 24.4 Å². The summed E-state index contributed by atoms with van der Waals surface area (Å²) in [5.74, 6) is 0.413. The predicted molar refractivity (Wildman–Crippen MR) is 128 cm³/mol. The van der Waals surface area contributed by atoms with Crippen LogP contribution < -0.4 is 10.6 Å². The average Bonchev–Trinajstić information content (AvgIpc) is 3.52. The Morgan fingerprint density at radius 2 is 2.06 bits per heavy atom. The maximum Gasteiger partial charge on any atom is 0.271 e. The van der Waals surface area contributed by atoms with E-state index in [1.165, 1.54) is 22.5 Å². The highest BCUT2D eigenvalue weighted by Gasteiger charge is 2.25. The lowest BCUT2D eigenvalue weighted by Crippen LogP contribution is -2.42. The van der Waals surface area contributed by atoms with Gasteiger partial charge in [0, 0.05) is 51.4 Å². The maximum atomic E-state index is 12.7. The first-order valence-corrected chi connectivity index (χ1v) is 12.4. The van der Waals surface area contributed by atoms with Crippen LogP contribution in [0.4, 0.5) is 0 Å². The fourth-order valence-corrected chi connectivity index (χ4v) is 5.15. The Hall–Kier alpha value is -3.08. The number of thiazole rings is 1. The normalized spacial score (nSPS) is 18.6. The highest BCUT2D eigenvalue weighted by Crippen LogP contribution is 2.19. The van der Waals surface area contributed by atoms with E-state index in [1.54, 1.807) is 17.9 Å². The summed E-state index contributed by atoms with van der Waals surface area (Å²) < 4.78 is 1.93. The second-order valence-corrected chi connectivity index (χ2v) is 9.77. The second kappa shape index (κ2) is 10.0. The van der Waals surface area contributed by atoms with Crippen molar-refractivity contribution in [2.75, 3.05) is 19.6 Å². The van der Waals surface area contributed by atoms with E-state index in [2.05, 4.69) is 43.7 Å². The van der Waals surface area contributed by atoms with E-state index in [1.807, 2.05) is 10.6 Å². The topological polar surface area (TPSA) is 112 Å². The van der Waals surface area contributed by atoms with E-state index < -0.39 is 6.10 Å². The van der Waals surface area contributed by atoms with Gasteiger partial charge in [-0.05, 0) is 24.0 Å². The zero-order chi connectivity index (χ0) is 23.5. The molecule has 2 unspecified atom stereocenters. The molecule has 0 saturated heterocycles. The summed E-state index contributed by atoms with van der Waals surface area (Å²) in [4.78, 5) is 36.2. The van der Waals surface area contributed by atoms with Crippen molar-refractivity contribution in [2.24, 2.45) is 0 Å².